The molecule has 0 saturated heterocycles. The van der Waals surface area contributed by atoms with E-state index in [-0.39, 0.29) is 0 Å². The second-order valence-electron chi connectivity index (χ2n) is 8.88. The fourth-order valence-corrected chi connectivity index (χ4v) is 5.03. The lowest BCUT2D eigenvalue weighted by molar-refractivity contribution is 0.158. The maximum absolute atomic E-state index is 11.0. The number of fused-ring (bicyclic) bond motifs is 1. The SMILES string of the molecule is C=C(Nc1nc2cc(N(C)C)ccc2n1CC(O)c1ccccc1)c1ccc(-c2cncc(C#N)c2)s1. The zero-order chi connectivity index (χ0) is 25.9. The third-order valence-electron chi connectivity index (χ3n) is 6.11. The molecule has 0 aliphatic rings. The number of aliphatic hydroxyl groups excluding tert-OH is 1. The Labute approximate surface area is 219 Å². The van der Waals surface area contributed by atoms with Crippen molar-refractivity contribution >= 4 is 39.7 Å². The van der Waals surface area contributed by atoms with Gasteiger partial charge in [-0.2, -0.15) is 5.26 Å². The fraction of sp³-hybridized carbons (Fsp3) is 0.138. The molecule has 5 rings (SSSR count). The first-order valence-corrected chi connectivity index (χ1v) is 12.6. The van der Waals surface area contributed by atoms with Gasteiger partial charge in [-0.05, 0) is 42.0 Å². The Morgan fingerprint density at radius 2 is 1.95 bits per heavy atom. The molecule has 0 radical (unpaired) electrons. The minimum atomic E-state index is -0.700. The molecule has 5 aromatic rings. The molecule has 37 heavy (non-hydrogen) atoms. The van der Waals surface area contributed by atoms with Crippen molar-refractivity contribution in [1.29, 1.82) is 5.26 Å². The maximum atomic E-state index is 11.0. The van der Waals surface area contributed by atoms with Crippen LogP contribution in [0.5, 0.6) is 0 Å². The molecule has 0 amide bonds. The van der Waals surface area contributed by atoms with E-state index in [0.717, 1.165) is 37.6 Å². The van der Waals surface area contributed by atoms with Crippen LogP contribution < -0.4 is 10.2 Å². The number of aliphatic hydroxyl groups is 1. The van der Waals surface area contributed by atoms with Crippen molar-refractivity contribution in [2.24, 2.45) is 0 Å². The van der Waals surface area contributed by atoms with Gasteiger partial charge in [0, 0.05) is 42.6 Å². The summed E-state index contributed by atoms with van der Waals surface area (Å²) >= 11 is 1.56. The minimum absolute atomic E-state index is 0.333. The molecule has 0 fully saturated rings. The number of nitriles is 1. The number of rotatable bonds is 8. The smallest absolute Gasteiger partial charge is 0.208 e. The average Bonchev–Trinajstić information content (AvgIpc) is 3.54. The Hall–Kier alpha value is -4.45. The molecule has 184 valence electrons. The zero-order valence-electron chi connectivity index (χ0n) is 20.6. The standard InChI is InChI=1S/C29H26N6OS/c1-19(27-11-12-28(37-27)22-13-20(15-30)16-31-17-22)32-29-33-24-14-23(34(2)3)9-10-25(24)35(29)18-26(36)21-7-5-4-6-8-21/h4-14,16-17,26,36H,1,18H2,2-3H3,(H,32,33). The molecular formula is C29H26N6OS. The predicted octanol–water partition coefficient (Wildman–Crippen LogP) is 5.91. The van der Waals surface area contributed by atoms with Crippen LogP contribution in [0.4, 0.5) is 11.6 Å². The van der Waals surface area contributed by atoms with Crippen molar-refractivity contribution in [3.8, 4) is 16.5 Å². The van der Waals surface area contributed by atoms with Gasteiger partial charge in [0.25, 0.3) is 0 Å². The molecule has 0 bridgehead atoms. The van der Waals surface area contributed by atoms with Gasteiger partial charge in [-0.1, -0.05) is 36.9 Å². The topological polar surface area (TPSA) is 90.0 Å². The van der Waals surface area contributed by atoms with Gasteiger partial charge in [-0.3, -0.25) is 4.98 Å². The van der Waals surface area contributed by atoms with E-state index in [4.69, 9.17) is 4.98 Å². The van der Waals surface area contributed by atoms with Crippen molar-refractivity contribution < 1.29 is 5.11 Å². The van der Waals surface area contributed by atoms with Gasteiger partial charge in [-0.25, -0.2) is 4.98 Å². The van der Waals surface area contributed by atoms with E-state index in [1.165, 1.54) is 0 Å². The van der Waals surface area contributed by atoms with Gasteiger partial charge < -0.3 is 19.9 Å². The summed E-state index contributed by atoms with van der Waals surface area (Å²) < 4.78 is 1.99. The molecule has 1 unspecified atom stereocenters. The molecule has 2 N–H and O–H groups in total. The van der Waals surface area contributed by atoms with Gasteiger partial charge in [0.2, 0.25) is 5.95 Å². The second-order valence-corrected chi connectivity index (χ2v) is 9.97. The van der Waals surface area contributed by atoms with Crippen molar-refractivity contribution in [2.45, 2.75) is 12.6 Å². The Balaban J connectivity index is 1.47. The average molecular weight is 507 g/mol. The van der Waals surface area contributed by atoms with Crippen LogP contribution in [-0.4, -0.2) is 33.7 Å². The molecule has 7 nitrogen and oxygen atoms in total. The van der Waals surface area contributed by atoms with E-state index < -0.39 is 6.10 Å². The van der Waals surface area contributed by atoms with Crippen LogP contribution in [0, 0.1) is 11.3 Å². The van der Waals surface area contributed by atoms with Gasteiger partial charge in [0.05, 0.1) is 39.8 Å². The number of thiophene rings is 1. The van der Waals surface area contributed by atoms with E-state index in [9.17, 15) is 10.4 Å². The lowest BCUT2D eigenvalue weighted by Crippen LogP contribution is -2.12. The van der Waals surface area contributed by atoms with Crippen LogP contribution in [0.3, 0.4) is 0 Å². The summed E-state index contributed by atoms with van der Waals surface area (Å²) in [6, 6.07) is 23.7. The van der Waals surface area contributed by atoms with Crippen LogP contribution in [0.15, 0.2) is 85.7 Å². The van der Waals surface area contributed by atoms with Gasteiger partial charge in [0.1, 0.15) is 6.07 Å². The van der Waals surface area contributed by atoms with E-state index in [0.29, 0.717) is 23.8 Å². The number of hydrogen-bond donors (Lipinski definition) is 2. The van der Waals surface area contributed by atoms with Gasteiger partial charge in [0.15, 0.2) is 0 Å². The molecule has 0 saturated carbocycles. The van der Waals surface area contributed by atoms with E-state index in [2.05, 4.69) is 22.9 Å². The Kier molecular flexibility index (Phi) is 6.73. The van der Waals surface area contributed by atoms with Gasteiger partial charge in [-0.15, -0.1) is 11.3 Å². The third kappa shape index (κ3) is 5.09. The highest BCUT2D eigenvalue weighted by atomic mass is 32.1. The monoisotopic (exact) mass is 506 g/mol. The Bertz CT molecular complexity index is 1610. The van der Waals surface area contributed by atoms with Crippen molar-refractivity contribution in [2.75, 3.05) is 24.3 Å². The predicted molar refractivity (Wildman–Crippen MR) is 150 cm³/mol. The first kappa shape index (κ1) is 24.3. The van der Waals surface area contributed by atoms with E-state index in [1.54, 1.807) is 23.7 Å². The number of aromatic nitrogens is 3. The number of pyridine rings is 1. The molecular weight excluding hydrogens is 480 g/mol. The lowest BCUT2D eigenvalue weighted by Gasteiger charge is -2.16. The van der Waals surface area contributed by atoms with E-state index >= 15 is 0 Å². The van der Waals surface area contributed by atoms with Crippen molar-refractivity contribution in [3.05, 3.63) is 102 Å². The summed E-state index contributed by atoms with van der Waals surface area (Å²) in [5.74, 6) is 0.606. The lowest BCUT2D eigenvalue weighted by atomic mass is 10.1. The molecule has 8 heteroatoms. The Morgan fingerprint density at radius 1 is 1.14 bits per heavy atom. The summed E-state index contributed by atoms with van der Waals surface area (Å²) in [6.07, 6.45) is 2.60. The maximum Gasteiger partial charge on any atom is 0.208 e. The van der Waals surface area contributed by atoms with Crippen molar-refractivity contribution in [3.63, 3.8) is 0 Å². The number of hydrogen-bond acceptors (Lipinski definition) is 7. The highest BCUT2D eigenvalue weighted by molar-refractivity contribution is 7.16. The first-order valence-electron chi connectivity index (χ1n) is 11.7. The molecule has 0 aliphatic heterocycles. The summed E-state index contributed by atoms with van der Waals surface area (Å²) in [6.45, 7) is 4.60. The van der Waals surface area contributed by atoms with Crippen molar-refractivity contribution in [1.82, 2.24) is 14.5 Å². The van der Waals surface area contributed by atoms with Gasteiger partial charge >= 0.3 is 0 Å². The number of benzene rings is 2. The van der Waals surface area contributed by atoms with Crippen LogP contribution in [0.2, 0.25) is 0 Å². The molecule has 0 spiro atoms. The number of nitrogens with zero attached hydrogens (tertiary/aromatic N) is 5. The van der Waals surface area contributed by atoms with Crippen LogP contribution in [-0.2, 0) is 6.54 Å². The minimum Gasteiger partial charge on any atom is -0.387 e. The Morgan fingerprint density at radius 3 is 2.70 bits per heavy atom. The van der Waals surface area contributed by atoms with E-state index in [1.807, 2.05) is 90.3 Å². The quantitative estimate of drug-likeness (QED) is 0.272. The molecule has 3 heterocycles. The summed E-state index contributed by atoms with van der Waals surface area (Å²) in [4.78, 5) is 13.0. The normalized spacial score (nSPS) is 11.7. The summed E-state index contributed by atoms with van der Waals surface area (Å²) in [5, 5.41) is 23.6. The third-order valence-corrected chi connectivity index (χ3v) is 7.30. The number of nitrogens with one attached hydrogen (secondary N) is 1. The van der Waals surface area contributed by atoms with Crippen LogP contribution in [0.1, 0.15) is 22.1 Å². The number of anilines is 2. The van der Waals surface area contributed by atoms with Crippen LogP contribution >= 0.6 is 11.3 Å². The summed E-state index contributed by atoms with van der Waals surface area (Å²) in [7, 11) is 3.99. The molecule has 1 atom stereocenters. The molecule has 2 aromatic carbocycles. The second kappa shape index (κ2) is 10.3. The van der Waals surface area contributed by atoms with Crippen LogP contribution in [0.25, 0.3) is 27.2 Å². The molecule has 0 aliphatic carbocycles. The largest absolute Gasteiger partial charge is 0.387 e. The first-order chi connectivity index (χ1) is 17.9. The number of imidazole rings is 1. The summed E-state index contributed by atoms with van der Waals surface area (Å²) in [5.41, 5.74) is 5.73. The highest BCUT2D eigenvalue weighted by Gasteiger charge is 2.18. The highest BCUT2D eigenvalue weighted by Crippen LogP contribution is 2.33. The fourth-order valence-electron chi connectivity index (χ4n) is 4.12. The zero-order valence-corrected chi connectivity index (χ0v) is 21.4. The molecule has 3 aromatic heterocycles.